The number of carbonyl (C=O) groups is 1. The SMILES string of the molecule is CO[N]C(=O)N(C)C. The van der Waals surface area contributed by atoms with Crippen LogP contribution in [0.4, 0.5) is 4.79 Å². The van der Waals surface area contributed by atoms with Gasteiger partial charge in [0.1, 0.15) is 0 Å². The quantitative estimate of drug-likeness (QED) is 0.448. The molecule has 2 amide bonds. The van der Waals surface area contributed by atoms with Crippen LogP contribution in [0.15, 0.2) is 0 Å². The van der Waals surface area contributed by atoms with Crippen LogP contribution in [-0.4, -0.2) is 32.1 Å². The molecule has 0 bridgehead atoms. The third-order valence-corrected chi connectivity index (χ3v) is 0.552. The van der Waals surface area contributed by atoms with E-state index in [4.69, 9.17) is 0 Å². The second-order valence-electron chi connectivity index (χ2n) is 1.45. The summed E-state index contributed by atoms with van der Waals surface area (Å²) < 4.78 is 0. The van der Waals surface area contributed by atoms with Crippen molar-refractivity contribution in [1.29, 1.82) is 0 Å². The molecule has 0 rings (SSSR count). The molecule has 4 heteroatoms. The van der Waals surface area contributed by atoms with Crippen LogP contribution >= 0.6 is 0 Å². The first kappa shape index (κ1) is 7.23. The van der Waals surface area contributed by atoms with Gasteiger partial charge in [-0.1, -0.05) is 5.48 Å². The predicted octanol–water partition coefficient (Wildman–Crippen LogP) is -0.166. The minimum atomic E-state index is -0.382. The zero-order chi connectivity index (χ0) is 6.57. The van der Waals surface area contributed by atoms with E-state index in [9.17, 15) is 4.79 Å². The molecule has 0 aliphatic carbocycles. The van der Waals surface area contributed by atoms with Crippen LogP contribution in [0.1, 0.15) is 0 Å². The van der Waals surface area contributed by atoms with Crippen molar-refractivity contribution in [3.8, 4) is 0 Å². The largest absolute Gasteiger partial charge is 0.365 e. The molecule has 0 spiro atoms. The molecular weight excluding hydrogens is 108 g/mol. The van der Waals surface area contributed by atoms with Crippen molar-refractivity contribution in [2.24, 2.45) is 0 Å². The third kappa shape index (κ3) is 2.41. The summed E-state index contributed by atoms with van der Waals surface area (Å²) in [5, 5.41) is 0. The Hall–Kier alpha value is -0.770. The molecule has 0 unspecified atom stereocenters. The lowest BCUT2D eigenvalue weighted by Gasteiger charge is -2.05. The summed E-state index contributed by atoms with van der Waals surface area (Å²) in [6.07, 6.45) is 0. The fourth-order valence-corrected chi connectivity index (χ4v) is 0.160. The number of carbonyl (C=O) groups excluding carboxylic acids is 1. The van der Waals surface area contributed by atoms with Gasteiger partial charge in [-0.3, -0.25) is 4.84 Å². The van der Waals surface area contributed by atoms with E-state index >= 15 is 0 Å². The average Bonchev–Trinajstić information content (AvgIpc) is 1.67. The zero-order valence-electron chi connectivity index (χ0n) is 5.21. The van der Waals surface area contributed by atoms with Gasteiger partial charge in [0, 0.05) is 14.1 Å². The monoisotopic (exact) mass is 117 g/mol. The summed E-state index contributed by atoms with van der Waals surface area (Å²) >= 11 is 0. The highest BCUT2D eigenvalue weighted by Crippen LogP contribution is 1.76. The van der Waals surface area contributed by atoms with Crippen LogP contribution in [0, 0.1) is 0 Å². The Kier molecular flexibility index (Phi) is 2.95. The molecule has 47 valence electrons. The van der Waals surface area contributed by atoms with Gasteiger partial charge in [-0.25, -0.2) is 4.79 Å². The van der Waals surface area contributed by atoms with Gasteiger partial charge >= 0.3 is 6.03 Å². The lowest BCUT2D eigenvalue weighted by molar-refractivity contribution is 0.0876. The summed E-state index contributed by atoms with van der Waals surface area (Å²) in [5.74, 6) is 0. The lowest BCUT2D eigenvalue weighted by atomic mass is 10.9. The summed E-state index contributed by atoms with van der Waals surface area (Å²) in [6, 6.07) is -0.382. The molecule has 0 saturated heterocycles. The van der Waals surface area contributed by atoms with E-state index in [0.717, 1.165) is 0 Å². The molecule has 0 heterocycles. The Morgan fingerprint density at radius 3 is 2.25 bits per heavy atom. The molecule has 0 fully saturated rings. The van der Waals surface area contributed by atoms with Gasteiger partial charge in [0.25, 0.3) is 0 Å². The maximum atomic E-state index is 10.4. The zero-order valence-corrected chi connectivity index (χ0v) is 5.21. The van der Waals surface area contributed by atoms with Gasteiger partial charge in [0.15, 0.2) is 0 Å². The number of urea groups is 1. The number of rotatable bonds is 1. The normalized spacial score (nSPS) is 8.38. The molecule has 0 atom stereocenters. The molecule has 0 saturated carbocycles. The second-order valence-corrected chi connectivity index (χ2v) is 1.45. The standard InChI is InChI=1S/C4H9N2O2/c1-6(2)4(7)5-8-3/h1-3H3. The summed E-state index contributed by atoms with van der Waals surface area (Å²) in [7, 11) is 4.54. The first-order valence-corrected chi connectivity index (χ1v) is 2.14. The molecular formula is C4H9N2O2. The molecule has 8 heavy (non-hydrogen) atoms. The Labute approximate surface area is 48.4 Å². The lowest BCUT2D eigenvalue weighted by Crippen LogP contribution is -2.28. The Balaban J connectivity index is 3.33. The molecule has 0 aromatic carbocycles. The van der Waals surface area contributed by atoms with E-state index in [1.165, 1.54) is 12.0 Å². The minimum absolute atomic E-state index is 0.382. The summed E-state index contributed by atoms with van der Waals surface area (Å²) in [6.45, 7) is 0. The van der Waals surface area contributed by atoms with Crippen molar-refractivity contribution in [1.82, 2.24) is 10.4 Å². The highest BCUT2D eigenvalue weighted by Gasteiger charge is 2.01. The van der Waals surface area contributed by atoms with E-state index in [1.807, 2.05) is 0 Å². The molecule has 0 aromatic heterocycles. The smallest absolute Gasteiger partial charge is 0.327 e. The first-order chi connectivity index (χ1) is 3.68. The predicted molar refractivity (Wildman–Crippen MR) is 28.2 cm³/mol. The van der Waals surface area contributed by atoms with Gasteiger partial charge in [-0.05, 0) is 0 Å². The molecule has 0 aromatic rings. The van der Waals surface area contributed by atoms with Crippen molar-refractivity contribution in [3.05, 3.63) is 0 Å². The number of hydrogen-bond donors (Lipinski definition) is 0. The Morgan fingerprint density at radius 1 is 1.62 bits per heavy atom. The van der Waals surface area contributed by atoms with E-state index in [-0.39, 0.29) is 6.03 Å². The summed E-state index contributed by atoms with van der Waals surface area (Å²) in [4.78, 5) is 15.9. The maximum Gasteiger partial charge on any atom is 0.365 e. The molecule has 1 radical (unpaired) electrons. The number of hydroxylamine groups is 1. The fraction of sp³-hybridized carbons (Fsp3) is 0.750. The van der Waals surface area contributed by atoms with Gasteiger partial charge in [0.2, 0.25) is 0 Å². The fourth-order valence-electron chi connectivity index (χ4n) is 0.160. The highest BCUT2D eigenvalue weighted by atomic mass is 16.6. The van der Waals surface area contributed by atoms with E-state index in [2.05, 4.69) is 10.3 Å². The van der Waals surface area contributed by atoms with E-state index in [1.54, 1.807) is 14.1 Å². The third-order valence-electron chi connectivity index (χ3n) is 0.552. The molecule has 4 nitrogen and oxygen atoms in total. The van der Waals surface area contributed by atoms with Crippen molar-refractivity contribution in [3.63, 3.8) is 0 Å². The van der Waals surface area contributed by atoms with Crippen LogP contribution in [0.3, 0.4) is 0 Å². The number of hydrogen-bond acceptors (Lipinski definition) is 2. The Morgan fingerprint density at radius 2 is 2.12 bits per heavy atom. The first-order valence-electron chi connectivity index (χ1n) is 2.14. The van der Waals surface area contributed by atoms with Crippen LogP contribution in [0.25, 0.3) is 0 Å². The van der Waals surface area contributed by atoms with E-state index < -0.39 is 0 Å². The van der Waals surface area contributed by atoms with Crippen LogP contribution in [-0.2, 0) is 4.84 Å². The molecule has 0 aliphatic heterocycles. The van der Waals surface area contributed by atoms with Crippen LogP contribution in [0.2, 0.25) is 0 Å². The Bertz CT molecular complexity index is 82.1. The molecule has 0 N–H and O–H groups in total. The van der Waals surface area contributed by atoms with Crippen molar-refractivity contribution >= 4 is 6.03 Å². The van der Waals surface area contributed by atoms with Gasteiger partial charge < -0.3 is 4.90 Å². The van der Waals surface area contributed by atoms with Gasteiger partial charge in [-0.15, -0.1) is 0 Å². The number of amides is 2. The maximum absolute atomic E-state index is 10.4. The molecule has 0 aliphatic rings. The van der Waals surface area contributed by atoms with Gasteiger partial charge in [0.05, 0.1) is 7.11 Å². The highest BCUT2D eigenvalue weighted by molar-refractivity contribution is 5.71. The van der Waals surface area contributed by atoms with Crippen LogP contribution < -0.4 is 5.48 Å². The van der Waals surface area contributed by atoms with Crippen molar-refractivity contribution < 1.29 is 9.63 Å². The van der Waals surface area contributed by atoms with Crippen molar-refractivity contribution in [2.45, 2.75) is 0 Å². The number of nitrogens with zero attached hydrogens (tertiary/aromatic N) is 2. The van der Waals surface area contributed by atoms with Gasteiger partial charge in [-0.2, -0.15) is 0 Å². The summed E-state index contributed by atoms with van der Waals surface area (Å²) in [5.41, 5.74) is 3.11. The average molecular weight is 117 g/mol. The van der Waals surface area contributed by atoms with Crippen LogP contribution in [0.5, 0.6) is 0 Å². The van der Waals surface area contributed by atoms with E-state index in [0.29, 0.717) is 0 Å². The minimum Gasteiger partial charge on any atom is -0.327 e. The topological polar surface area (TPSA) is 43.6 Å². The second kappa shape index (κ2) is 3.26. The van der Waals surface area contributed by atoms with Crippen molar-refractivity contribution in [2.75, 3.05) is 21.2 Å².